The fourth-order valence-electron chi connectivity index (χ4n) is 9.81. The number of nitrogens with zero attached hydrogens (tertiary/aromatic N) is 6. The number of aliphatic hydroxyl groups excluding tert-OH is 1. The number of β-amino-alcohol motifs (C(OH)–C–C–N with tert-alkyl or cyclic N) is 1. The molecule has 22 heteroatoms. The lowest BCUT2D eigenvalue weighted by atomic mass is 9.85. The van der Waals surface area contributed by atoms with E-state index < -0.39 is 41.2 Å². The average molecular weight is 1110 g/mol. The molecule has 0 unspecified atom stereocenters. The number of halogens is 1. The molecule has 7 aromatic rings. The minimum atomic E-state index is -0.914. The molecule has 1 fully saturated rings. The summed E-state index contributed by atoms with van der Waals surface area (Å²) in [6.45, 7) is 7.61. The van der Waals surface area contributed by atoms with Crippen LogP contribution in [0.2, 0.25) is 0 Å². The summed E-state index contributed by atoms with van der Waals surface area (Å²) in [5, 5.41) is 26.5. The summed E-state index contributed by atoms with van der Waals surface area (Å²) in [5.74, 6) is -2.00. The summed E-state index contributed by atoms with van der Waals surface area (Å²) in [6, 6.07) is 17.3. The molecule has 0 radical (unpaired) electrons. The van der Waals surface area contributed by atoms with Crippen molar-refractivity contribution in [1.82, 2.24) is 50.3 Å². The molecule has 3 aromatic carbocycles. The number of fused-ring (bicyclic) bond motifs is 2. The summed E-state index contributed by atoms with van der Waals surface area (Å²) < 4.78 is 22.0. The smallest absolute Gasteiger partial charge is 0.256 e. The molecule has 0 spiro atoms. The molecule has 4 aromatic heterocycles. The van der Waals surface area contributed by atoms with E-state index in [2.05, 4.69) is 46.5 Å². The molecule has 5 heterocycles. The Hall–Kier alpha value is -8.24. The zero-order valence-electron chi connectivity index (χ0n) is 46.1. The van der Waals surface area contributed by atoms with E-state index in [-0.39, 0.29) is 79.7 Å². The van der Waals surface area contributed by atoms with Gasteiger partial charge in [-0.25, -0.2) is 9.37 Å². The van der Waals surface area contributed by atoms with E-state index >= 15 is 0 Å². The number of hydrogen-bond donors (Lipinski definition) is 7. The number of anilines is 4. The predicted molar refractivity (Wildman–Crippen MR) is 306 cm³/mol. The van der Waals surface area contributed by atoms with E-state index in [0.29, 0.717) is 52.0 Å². The van der Waals surface area contributed by atoms with Crippen LogP contribution in [0.5, 0.6) is 5.75 Å². The van der Waals surface area contributed by atoms with Gasteiger partial charge in [-0.15, -0.1) is 11.3 Å². The standard InChI is InChI=1S/C58H69FN12O8S/c1-34-50(80-33-63-34)36-21-19-35(20-22-36)30-62-54(76)44-28-38(72)31-71(44)56(78)51(58(2,3)4)66-46(73)17-12-10-8-9-11-13-18-47(74)69(6)32-48(75)70-26-24-37-27-45(79-7)42(29-43(37)70)65-57-67-52-39(23-25-61-52)53(68-57)64-41-16-14-15-40(59)49(41)55(77)60-5/h14-16,19-27,29,33,38,44,51,72H,8-13,17-18,28,30-32H2,1-7H3,(H,60,77)(H,62,76)(H,66,73)(H3,61,64,65,67,68)/t38-,44+,51-/m1/s1. The summed E-state index contributed by atoms with van der Waals surface area (Å²) >= 11 is 1.57. The second-order valence-corrected chi connectivity index (χ2v) is 22.0. The first-order chi connectivity index (χ1) is 38.3. The Morgan fingerprint density at radius 3 is 2.38 bits per heavy atom. The van der Waals surface area contributed by atoms with Crippen molar-refractivity contribution in [2.24, 2.45) is 5.41 Å². The van der Waals surface area contributed by atoms with Crippen LogP contribution in [0.1, 0.15) is 105 Å². The largest absolute Gasteiger partial charge is 0.495 e. The van der Waals surface area contributed by atoms with Gasteiger partial charge in [0.25, 0.3) is 11.8 Å². The number of likely N-dealkylation sites (N-methyl/N-ethyl adjacent to an activating group) is 1. The lowest BCUT2D eigenvalue weighted by Crippen LogP contribution is -2.57. The van der Waals surface area contributed by atoms with Crippen molar-refractivity contribution in [3.05, 3.63) is 107 Å². The van der Waals surface area contributed by atoms with Gasteiger partial charge in [-0.05, 0) is 72.7 Å². The van der Waals surface area contributed by atoms with E-state index in [1.807, 2.05) is 57.5 Å². The van der Waals surface area contributed by atoms with Crippen LogP contribution in [0.15, 0.2) is 84.6 Å². The fourth-order valence-corrected chi connectivity index (χ4v) is 10.6. The van der Waals surface area contributed by atoms with Crippen LogP contribution in [0.4, 0.5) is 27.5 Å². The number of amides is 5. The van der Waals surface area contributed by atoms with E-state index in [9.17, 15) is 38.3 Å². The van der Waals surface area contributed by atoms with Crippen molar-refractivity contribution < 1.29 is 43.0 Å². The van der Waals surface area contributed by atoms with E-state index in [1.165, 1.54) is 40.7 Å². The maximum atomic E-state index is 14.8. The number of carbonyl (C=O) groups excluding carboxylic acids is 6. The number of benzene rings is 3. The number of rotatable bonds is 23. The summed E-state index contributed by atoms with van der Waals surface area (Å²) in [5.41, 5.74) is 5.47. The number of aromatic amines is 1. The number of ether oxygens (including phenoxy) is 1. The number of nitrogens with one attached hydrogen (secondary N) is 6. The molecule has 80 heavy (non-hydrogen) atoms. The fraction of sp³-hybridized carbons (Fsp3) is 0.397. The van der Waals surface area contributed by atoms with Crippen molar-refractivity contribution >= 4 is 91.9 Å². The van der Waals surface area contributed by atoms with Gasteiger partial charge in [0, 0.05) is 64.2 Å². The summed E-state index contributed by atoms with van der Waals surface area (Å²) in [4.78, 5) is 101. The second-order valence-electron chi connectivity index (χ2n) is 21.1. The number of carbonyl (C=O) groups is 6. The highest BCUT2D eigenvalue weighted by molar-refractivity contribution is 7.13. The van der Waals surface area contributed by atoms with Crippen LogP contribution in [0, 0.1) is 18.2 Å². The molecule has 1 aliphatic rings. The molecule has 0 bridgehead atoms. The SMILES string of the molecule is CNC(=O)c1c(F)cccc1Nc1nc(Nc2cc3c(ccn3C(=O)CN(C)C(=O)CCCCCCCCC(=O)N[C@H](C(=O)N3C[C@H](O)C[C@H]3C(=O)NCc3ccc(-c4scnc4C)cc3)C(C)(C)C)cc2OC)nc2[nH]ccc12. The molecule has 422 valence electrons. The van der Waals surface area contributed by atoms with Crippen molar-refractivity contribution in [1.29, 1.82) is 0 Å². The van der Waals surface area contributed by atoms with Gasteiger partial charge in [0.05, 0.1) is 57.1 Å². The van der Waals surface area contributed by atoms with Crippen LogP contribution in [0.25, 0.3) is 32.4 Å². The maximum Gasteiger partial charge on any atom is 0.256 e. The number of hydrogen-bond acceptors (Lipinski definition) is 14. The van der Waals surface area contributed by atoms with Crippen molar-refractivity contribution in [3.8, 4) is 16.2 Å². The van der Waals surface area contributed by atoms with Gasteiger partial charge in [0.1, 0.15) is 41.7 Å². The highest BCUT2D eigenvalue weighted by atomic mass is 32.1. The minimum Gasteiger partial charge on any atom is -0.495 e. The first kappa shape index (κ1) is 57.9. The third-order valence-electron chi connectivity index (χ3n) is 14.2. The van der Waals surface area contributed by atoms with Crippen molar-refractivity contribution in [2.75, 3.05) is 44.9 Å². The summed E-state index contributed by atoms with van der Waals surface area (Å²) in [7, 11) is 4.53. The van der Waals surface area contributed by atoms with Crippen LogP contribution in [0.3, 0.4) is 0 Å². The highest BCUT2D eigenvalue weighted by Gasteiger charge is 2.44. The Morgan fingerprint density at radius 2 is 1.68 bits per heavy atom. The second kappa shape index (κ2) is 25.7. The van der Waals surface area contributed by atoms with E-state index in [0.717, 1.165) is 47.4 Å². The number of H-pyrrole nitrogens is 1. The minimum absolute atomic E-state index is 0.00981. The normalized spacial score (nSPS) is 14.7. The van der Waals surface area contributed by atoms with Crippen molar-refractivity contribution in [2.45, 2.75) is 110 Å². The van der Waals surface area contributed by atoms with Gasteiger partial charge in [-0.3, -0.25) is 33.3 Å². The first-order valence-corrected chi connectivity index (χ1v) is 27.6. The zero-order chi connectivity index (χ0) is 57.3. The number of aromatic nitrogens is 5. The molecular formula is C58H69FN12O8S. The topological polar surface area (TPSA) is 258 Å². The van der Waals surface area contributed by atoms with Crippen LogP contribution < -0.4 is 31.3 Å². The Bertz CT molecular complexity index is 3390. The molecule has 20 nitrogen and oxygen atoms in total. The van der Waals surface area contributed by atoms with Gasteiger partial charge in [0.2, 0.25) is 29.6 Å². The van der Waals surface area contributed by atoms with Crippen LogP contribution >= 0.6 is 11.3 Å². The number of unbranched alkanes of at least 4 members (excludes halogenated alkanes) is 5. The quantitative estimate of drug-likeness (QED) is 0.0298. The Labute approximate surface area is 467 Å². The first-order valence-electron chi connectivity index (χ1n) is 26.7. The number of aryl methyl sites for hydroxylation is 1. The van der Waals surface area contributed by atoms with E-state index in [4.69, 9.17) is 4.74 Å². The average Bonchev–Trinajstić information content (AvgIpc) is 4.28. The van der Waals surface area contributed by atoms with Gasteiger partial charge in [-0.1, -0.05) is 76.8 Å². The maximum absolute atomic E-state index is 14.8. The number of thiazole rings is 1. The Kier molecular flexibility index (Phi) is 18.6. The Balaban J connectivity index is 0.771. The van der Waals surface area contributed by atoms with Crippen LogP contribution in [-0.2, 0) is 25.7 Å². The van der Waals surface area contributed by atoms with Gasteiger partial charge in [0.15, 0.2) is 0 Å². The van der Waals surface area contributed by atoms with Gasteiger partial charge < -0.3 is 51.2 Å². The molecule has 3 atom stereocenters. The third kappa shape index (κ3) is 13.8. The molecule has 8 rings (SSSR count). The molecule has 0 saturated carbocycles. The lowest BCUT2D eigenvalue weighted by Gasteiger charge is -2.35. The van der Waals surface area contributed by atoms with Crippen molar-refractivity contribution in [3.63, 3.8) is 0 Å². The lowest BCUT2D eigenvalue weighted by molar-refractivity contribution is -0.144. The number of likely N-dealkylation sites (tertiary alicyclic amines) is 1. The summed E-state index contributed by atoms with van der Waals surface area (Å²) in [6.07, 6.45) is 7.51. The molecule has 1 aliphatic heterocycles. The van der Waals surface area contributed by atoms with Crippen LogP contribution in [-0.4, -0.2) is 127 Å². The molecule has 5 amide bonds. The molecular weight excluding hydrogens is 1040 g/mol. The zero-order valence-corrected chi connectivity index (χ0v) is 46.9. The number of methoxy groups -OCH3 is 1. The van der Waals surface area contributed by atoms with E-state index in [1.54, 1.807) is 61.1 Å². The Morgan fingerprint density at radius 1 is 0.938 bits per heavy atom. The third-order valence-corrected chi connectivity index (χ3v) is 15.2. The van der Waals surface area contributed by atoms with Gasteiger partial charge >= 0.3 is 0 Å². The molecule has 0 aliphatic carbocycles. The monoisotopic (exact) mass is 1110 g/mol. The molecule has 1 saturated heterocycles. The van der Waals surface area contributed by atoms with Gasteiger partial charge in [-0.2, -0.15) is 9.97 Å². The highest BCUT2D eigenvalue weighted by Crippen LogP contribution is 2.35. The number of aliphatic hydroxyl groups is 1. The predicted octanol–water partition coefficient (Wildman–Crippen LogP) is 8.37. The molecule has 7 N–H and O–H groups in total.